The van der Waals surface area contributed by atoms with Crippen LogP contribution in [-0.4, -0.2) is 22.1 Å². The molecule has 0 saturated carbocycles. The fourth-order valence-corrected chi connectivity index (χ4v) is 3.34. The van der Waals surface area contributed by atoms with Crippen molar-refractivity contribution in [1.82, 2.24) is 0 Å². The van der Waals surface area contributed by atoms with Crippen molar-refractivity contribution >= 4 is 15.7 Å². The summed E-state index contributed by atoms with van der Waals surface area (Å²) in [4.78, 5) is 0.247. The predicted molar refractivity (Wildman–Crippen MR) is 84.4 cm³/mol. The monoisotopic (exact) mass is 305 g/mol. The zero-order chi connectivity index (χ0) is 15.5. The lowest BCUT2D eigenvalue weighted by Gasteiger charge is -2.21. The molecule has 0 saturated heterocycles. The van der Waals surface area contributed by atoms with Gasteiger partial charge in [-0.3, -0.25) is 4.31 Å². The Morgan fingerprint density at radius 1 is 1.05 bits per heavy atom. The van der Waals surface area contributed by atoms with Crippen LogP contribution in [0.2, 0.25) is 0 Å². The summed E-state index contributed by atoms with van der Waals surface area (Å²) in [6.45, 7) is 4.32. The van der Waals surface area contributed by atoms with Crippen molar-refractivity contribution in [2.45, 2.75) is 18.7 Å². The maximum absolute atomic E-state index is 12.6. The molecule has 0 radical (unpaired) electrons. The second kappa shape index (κ2) is 6.18. The molecule has 0 unspecified atom stereocenters. The van der Waals surface area contributed by atoms with E-state index in [-0.39, 0.29) is 4.90 Å². The SMILES string of the molecule is CCOc1ccc(S(=O)(=O)N(C)c2ccccc2C)cc1. The Morgan fingerprint density at radius 2 is 1.67 bits per heavy atom. The molecule has 5 heteroatoms. The molecule has 0 spiro atoms. The van der Waals surface area contributed by atoms with Crippen LogP contribution in [0.25, 0.3) is 0 Å². The van der Waals surface area contributed by atoms with Gasteiger partial charge in [-0.25, -0.2) is 8.42 Å². The molecular weight excluding hydrogens is 286 g/mol. The molecular formula is C16H19NO3S. The number of rotatable bonds is 5. The van der Waals surface area contributed by atoms with Crippen LogP contribution >= 0.6 is 0 Å². The van der Waals surface area contributed by atoms with Crippen molar-refractivity contribution in [2.24, 2.45) is 0 Å². The number of hydrogen-bond donors (Lipinski definition) is 0. The van der Waals surface area contributed by atoms with Gasteiger partial charge >= 0.3 is 0 Å². The Morgan fingerprint density at radius 3 is 2.24 bits per heavy atom. The van der Waals surface area contributed by atoms with Gasteiger partial charge in [0, 0.05) is 7.05 Å². The molecule has 0 aliphatic rings. The van der Waals surface area contributed by atoms with E-state index in [1.54, 1.807) is 37.4 Å². The van der Waals surface area contributed by atoms with Crippen LogP contribution < -0.4 is 9.04 Å². The first-order valence-corrected chi connectivity index (χ1v) is 8.18. The molecule has 0 heterocycles. The molecule has 2 aromatic rings. The number of anilines is 1. The predicted octanol–water partition coefficient (Wildman–Crippen LogP) is 3.22. The van der Waals surface area contributed by atoms with Gasteiger partial charge in [0.2, 0.25) is 0 Å². The molecule has 0 amide bonds. The maximum Gasteiger partial charge on any atom is 0.264 e. The fraction of sp³-hybridized carbons (Fsp3) is 0.250. The van der Waals surface area contributed by atoms with Gasteiger partial charge in [0.15, 0.2) is 0 Å². The van der Waals surface area contributed by atoms with Crippen molar-refractivity contribution in [2.75, 3.05) is 18.0 Å². The van der Waals surface area contributed by atoms with Gasteiger partial charge in [0.1, 0.15) is 5.75 Å². The van der Waals surface area contributed by atoms with Crippen LogP contribution in [0.5, 0.6) is 5.75 Å². The topological polar surface area (TPSA) is 46.6 Å². The van der Waals surface area contributed by atoms with Crippen LogP contribution in [-0.2, 0) is 10.0 Å². The Labute approximate surface area is 126 Å². The smallest absolute Gasteiger partial charge is 0.264 e. The Bertz CT molecular complexity index is 709. The van der Waals surface area contributed by atoms with Crippen LogP contribution in [0.4, 0.5) is 5.69 Å². The minimum absolute atomic E-state index is 0.247. The molecule has 21 heavy (non-hydrogen) atoms. The third-order valence-electron chi connectivity index (χ3n) is 3.25. The summed E-state index contributed by atoms with van der Waals surface area (Å²) in [6.07, 6.45) is 0. The third-order valence-corrected chi connectivity index (χ3v) is 5.03. The number of aryl methyl sites for hydroxylation is 1. The summed E-state index contributed by atoms with van der Waals surface area (Å²) in [7, 11) is -2.00. The first kappa shape index (κ1) is 15.4. The molecule has 0 fully saturated rings. The Kier molecular flexibility index (Phi) is 4.53. The number of nitrogens with zero attached hydrogens (tertiary/aromatic N) is 1. The van der Waals surface area contributed by atoms with Gasteiger partial charge in [0.05, 0.1) is 17.2 Å². The minimum atomic E-state index is -3.57. The van der Waals surface area contributed by atoms with Crippen molar-refractivity contribution in [3.8, 4) is 5.75 Å². The van der Waals surface area contributed by atoms with Gasteiger partial charge in [-0.15, -0.1) is 0 Å². The number of benzene rings is 2. The second-order valence-corrected chi connectivity index (χ2v) is 6.63. The molecule has 0 bridgehead atoms. The third kappa shape index (κ3) is 3.19. The highest BCUT2D eigenvalue weighted by Gasteiger charge is 2.22. The summed E-state index contributed by atoms with van der Waals surface area (Å²) < 4.78 is 31.9. The standard InChI is InChI=1S/C16H19NO3S/c1-4-20-14-9-11-15(12-10-14)21(18,19)17(3)16-8-6-5-7-13(16)2/h5-12H,4H2,1-3H3. The maximum atomic E-state index is 12.6. The van der Waals surface area contributed by atoms with E-state index in [4.69, 9.17) is 4.74 Å². The number of sulfonamides is 1. The van der Waals surface area contributed by atoms with E-state index in [0.717, 1.165) is 5.56 Å². The number of ether oxygens (including phenoxy) is 1. The number of para-hydroxylation sites is 1. The molecule has 0 atom stereocenters. The fourth-order valence-electron chi connectivity index (χ4n) is 2.08. The van der Waals surface area contributed by atoms with E-state index < -0.39 is 10.0 Å². The molecule has 0 aliphatic carbocycles. The normalized spacial score (nSPS) is 11.2. The Hall–Kier alpha value is -2.01. The van der Waals surface area contributed by atoms with Crippen molar-refractivity contribution in [3.63, 3.8) is 0 Å². The van der Waals surface area contributed by atoms with Gasteiger partial charge in [-0.05, 0) is 49.7 Å². The van der Waals surface area contributed by atoms with Gasteiger partial charge < -0.3 is 4.74 Å². The quantitative estimate of drug-likeness (QED) is 0.852. The minimum Gasteiger partial charge on any atom is -0.494 e. The molecule has 2 rings (SSSR count). The zero-order valence-electron chi connectivity index (χ0n) is 12.4. The molecule has 112 valence electrons. The van der Waals surface area contributed by atoms with Gasteiger partial charge in [0.25, 0.3) is 10.0 Å². The van der Waals surface area contributed by atoms with Crippen molar-refractivity contribution in [1.29, 1.82) is 0 Å². The summed E-state index contributed by atoms with van der Waals surface area (Å²) in [6, 6.07) is 13.9. The highest BCUT2D eigenvalue weighted by Crippen LogP contribution is 2.26. The number of hydrogen-bond acceptors (Lipinski definition) is 3. The van der Waals surface area contributed by atoms with Crippen molar-refractivity contribution < 1.29 is 13.2 Å². The van der Waals surface area contributed by atoms with Crippen LogP contribution in [0, 0.1) is 6.92 Å². The molecule has 4 nitrogen and oxygen atoms in total. The largest absolute Gasteiger partial charge is 0.494 e. The lowest BCUT2D eigenvalue weighted by molar-refractivity contribution is 0.340. The van der Waals surface area contributed by atoms with E-state index in [9.17, 15) is 8.42 Å². The van der Waals surface area contributed by atoms with Gasteiger partial charge in [-0.2, -0.15) is 0 Å². The molecule has 0 aliphatic heterocycles. The first-order valence-electron chi connectivity index (χ1n) is 6.74. The van der Waals surface area contributed by atoms with Gasteiger partial charge in [-0.1, -0.05) is 18.2 Å². The van der Waals surface area contributed by atoms with E-state index >= 15 is 0 Å². The second-order valence-electron chi connectivity index (χ2n) is 4.66. The van der Waals surface area contributed by atoms with Crippen LogP contribution in [0.1, 0.15) is 12.5 Å². The zero-order valence-corrected chi connectivity index (χ0v) is 13.2. The van der Waals surface area contributed by atoms with E-state index in [0.29, 0.717) is 18.0 Å². The summed E-state index contributed by atoms with van der Waals surface area (Å²) in [5, 5.41) is 0. The van der Waals surface area contributed by atoms with E-state index in [1.807, 2.05) is 32.0 Å². The van der Waals surface area contributed by atoms with E-state index in [2.05, 4.69) is 0 Å². The lowest BCUT2D eigenvalue weighted by Crippen LogP contribution is -2.27. The molecule has 0 N–H and O–H groups in total. The highest BCUT2D eigenvalue weighted by atomic mass is 32.2. The Balaban J connectivity index is 2.35. The summed E-state index contributed by atoms with van der Waals surface area (Å²) >= 11 is 0. The molecule has 2 aromatic carbocycles. The first-order chi connectivity index (χ1) is 9.96. The average Bonchev–Trinajstić information content (AvgIpc) is 2.48. The summed E-state index contributed by atoms with van der Waals surface area (Å²) in [5.41, 5.74) is 1.58. The highest BCUT2D eigenvalue weighted by molar-refractivity contribution is 7.92. The average molecular weight is 305 g/mol. The molecule has 0 aromatic heterocycles. The van der Waals surface area contributed by atoms with Crippen LogP contribution in [0.15, 0.2) is 53.4 Å². The van der Waals surface area contributed by atoms with Crippen molar-refractivity contribution in [3.05, 3.63) is 54.1 Å². The van der Waals surface area contributed by atoms with E-state index in [1.165, 1.54) is 4.31 Å². The summed E-state index contributed by atoms with van der Waals surface area (Å²) in [5.74, 6) is 0.662. The lowest BCUT2D eigenvalue weighted by atomic mass is 10.2. The van der Waals surface area contributed by atoms with Crippen LogP contribution in [0.3, 0.4) is 0 Å².